The minimum Gasteiger partial charge on any atom is -0.351 e. The molecule has 1 aromatic rings. The molecule has 2 heterocycles. The van der Waals surface area contributed by atoms with Crippen LogP contribution < -0.4 is 5.32 Å². The average Bonchev–Trinajstić information content (AvgIpc) is 2.86. The number of carbonyl (C=O) groups is 2. The van der Waals surface area contributed by atoms with Gasteiger partial charge in [-0.25, -0.2) is 4.63 Å². The van der Waals surface area contributed by atoms with Crippen LogP contribution in [0.1, 0.15) is 24.7 Å². The quantitative estimate of drug-likeness (QED) is 0.791. The molecular formula is C11H16N4O3. The predicted octanol–water partition coefficient (Wildman–Crippen LogP) is -0.342. The smallest absolute Gasteiger partial charge is 0.226 e. The number of carbonyl (C=O) groups excluding carboxylic acids is 2. The van der Waals surface area contributed by atoms with E-state index in [1.807, 2.05) is 6.92 Å². The summed E-state index contributed by atoms with van der Waals surface area (Å²) in [5.41, 5.74) is 1.15. The molecule has 2 rings (SSSR count). The van der Waals surface area contributed by atoms with Gasteiger partial charge in [-0.2, -0.15) is 0 Å². The third-order valence-corrected chi connectivity index (χ3v) is 3.04. The van der Waals surface area contributed by atoms with Crippen molar-refractivity contribution in [2.75, 3.05) is 13.1 Å². The molecule has 1 N–H and O–H groups in total. The molecule has 0 radical (unpaired) electrons. The zero-order valence-electron chi connectivity index (χ0n) is 10.5. The monoisotopic (exact) mass is 252 g/mol. The van der Waals surface area contributed by atoms with Crippen molar-refractivity contribution >= 4 is 11.8 Å². The normalized spacial score (nSPS) is 19.3. The Morgan fingerprint density at radius 1 is 1.56 bits per heavy atom. The molecule has 0 aromatic carbocycles. The number of amides is 2. The molecule has 0 aliphatic carbocycles. The second-order valence-corrected chi connectivity index (χ2v) is 4.37. The number of aromatic nitrogens is 2. The van der Waals surface area contributed by atoms with E-state index >= 15 is 0 Å². The Hall–Kier alpha value is -1.92. The zero-order valence-corrected chi connectivity index (χ0v) is 10.5. The second kappa shape index (κ2) is 5.16. The van der Waals surface area contributed by atoms with E-state index in [0.717, 1.165) is 0 Å². The van der Waals surface area contributed by atoms with Gasteiger partial charge in [0.05, 0.1) is 12.5 Å². The maximum absolute atomic E-state index is 11.8. The Morgan fingerprint density at radius 3 is 2.89 bits per heavy atom. The molecule has 7 nitrogen and oxygen atoms in total. The first-order valence-corrected chi connectivity index (χ1v) is 5.95. The van der Waals surface area contributed by atoms with Gasteiger partial charge in [0.25, 0.3) is 0 Å². The molecule has 0 saturated carbocycles. The summed E-state index contributed by atoms with van der Waals surface area (Å²) in [6, 6.07) is -0.106. The summed E-state index contributed by atoms with van der Waals surface area (Å²) in [6.07, 6.45) is 0.502. The van der Waals surface area contributed by atoms with Gasteiger partial charge in [0.2, 0.25) is 11.8 Å². The van der Waals surface area contributed by atoms with Crippen molar-refractivity contribution < 1.29 is 14.2 Å². The molecular weight excluding hydrogens is 236 g/mol. The second-order valence-electron chi connectivity index (χ2n) is 4.37. The highest BCUT2D eigenvalue weighted by Crippen LogP contribution is 2.10. The molecule has 1 saturated heterocycles. The third-order valence-electron chi connectivity index (χ3n) is 3.04. The SMILES string of the molecule is CCN1C[C@H](NC(=O)Cc2nonc2C)CC1=O. The van der Waals surface area contributed by atoms with Crippen molar-refractivity contribution in [1.29, 1.82) is 0 Å². The Bertz CT molecular complexity index is 457. The van der Waals surface area contributed by atoms with Crippen LogP contribution in [0.25, 0.3) is 0 Å². The van der Waals surface area contributed by atoms with Crippen LogP contribution in [-0.2, 0) is 16.0 Å². The summed E-state index contributed by atoms with van der Waals surface area (Å²) < 4.78 is 4.53. The maximum Gasteiger partial charge on any atom is 0.226 e. The fraction of sp³-hybridized carbons (Fsp3) is 0.636. The standard InChI is InChI=1S/C11H16N4O3/c1-3-15-6-8(4-11(15)17)12-10(16)5-9-7(2)13-18-14-9/h8H,3-6H2,1-2H3,(H,12,16)/t8-/m1/s1. The molecule has 0 unspecified atom stereocenters. The van der Waals surface area contributed by atoms with E-state index in [2.05, 4.69) is 20.3 Å². The molecule has 1 aliphatic heterocycles. The van der Waals surface area contributed by atoms with Crippen LogP contribution in [0.4, 0.5) is 0 Å². The van der Waals surface area contributed by atoms with Crippen LogP contribution in [-0.4, -0.2) is 46.2 Å². The summed E-state index contributed by atoms with van der Waals surface area (Å²) >= 11 is 0. The van der Waals surface area contributed by atoms with Crippen molar-refractivity contribution in [3.8, 4) is 0 Å². The lowest BCUT2D eigenvalue weighted by Gasteiger charge is -2.14. The van der Waals surface area contributed by atoms with E-state index in [-0.39, 0.29) is 24.3 Å². The molecule has 18 heavy (non-hydrogen) atoms. The van der Waals surface area contributed by atoms with E-state index in [1.165, 1.54) is 0 Å². The Labute approximate surface area is 104 Å². The highest BCUT2D eigenvalue weighted by atomic mass is 16.6. The lowest BCUT2D eigenvalue weighted by Crippen LogP contribution is -2.38. The number of nitrogens with one attached hydrogen (secondary N) is 1. The van der Waals surface area contributed by atoms with Crippen molar-refractivity contribution in [2.24, 2.45) is 0 Å². The number of likely N-dealkylation sites (tertiary alicyclic amines) is 1. The van der Waals surface area contributed by atoms with Crippen LogP contribution in [0.15, 0.2) is 4.63 Å². The lowest BCUT2D eigenvalue weighted by atomic mass is 10.2. The first kappa shape index (κ1) is 12.5. The number of aryl methyl sites for hydroxylation is 1. The number of likely N-dealkylation sites (N-methyl/N-ethyl adjacent to an activating group) is 1. The molecule has 1 atom stereocenters. The van der Waals surface area contributed by atoms with Gasteiger partial charge < -0.3 is 10.2 Å². The fourth-order valence-corrected chi connectivity index (χ4v) is 2.02. The average molecular weight is 252 g/mol. The first-order chi connectivity index (χ1) is 8.60. The van der Waals surface area contributed by atoms with Crippen LogP contribution >= 0.6 is 0 Å². The highest BCUT2D eigenvalue weighted by molar-refractivity contribution is 5.83. The molecule has 1 fully saturated rings. The highest BCUT2D eigenvalue weighted by Gasteiger charge is 2.29. The van der Waals surface area contributed by atoms with Crippen LogP contribution in [0.5, 0.6) is 0 Å². The summed E-state index contributed by atoms with van der Waals surface area (Å²) in [6.45, 7) is 4.91. The Balaban J connectivity index is 1.86. The molecule has 1 aliphatic rings. The van der Waals surface area contributed by atoms with Crippen molar-refractivity contribution in [3.63, 3.8) is 0 Å². The number of hydrogen-bond donors (Lipinski definition) is 1. The summed E-state index contributed by atoms with van der Waals surface area (Å²) in [7, 11) is 0. The van der Waals surface area contributed by atoms with Crippen molar-refractivity contribution in [1.82, 2.24) is 20.5 Å². The number of hydrogen-bond acceptors (Lipinski definition) is 5. The van der Waals surface area contributed by atoms with Crippen LogP contribution in [0.2, 0.25) is 0 Å². The molecule has 0 bridgehead atoms. The van der Waals surface area contributed by atoms with Gasteiger partial charge in [-0.3, -0.25) is 9.59 Å². The Morgan fingerprint density at radius 2 is 2.33 bits per heavy atom. The summed E-state index contributed by atoms with van der Waals surface area (Å²) in [5, 5.41) is 10.1. The van der Waals surface area contributed by atoms with E-state index in [1.54, 1.807) is 11.8 Å². The minimum absolute atomic E-state index is 0.0853. The van der Waals surface area contributed by atoms with E-state index in [9.17, 15) is 9.59 Å². The molecule has 0 spiro atoms. The largest absolute Gasteiger partial charge is 0.351 e. The van der Waals surface area contributed by atoms with E-state index in [0.29, 0.717) is 30.9 Å². The molecule has 98 valence electrons. The fourth-order valence-electron chi connectivity index (χ4n) is 2.02. The van der Waals surface area contributed by atoms with Gasteiger partial charge in [0.1, 0.15) is 11.4 Å². The van der Waals surface area contributed by atoms with Crippen LogP contribution in [0.3, 0.4) is 0 Å². The lowest BCUT2D eigenvalue weighted by molar-refractivity contribution is -0.127. The topological polar surface area (TPSA) is 88.3 Å². The van der Waals surface area contributed by atoms with E-state index < -0.39 is 0 Å². The van der Waals surface area contributed by atoms with Gasteiger partial charge in [-0.15, -0.1) is 0 Å². The predicted molar refractivity (Wildman–Crippen MR) is 61.5 cm³/mol. The van der Waals surface area contributed by atoms with Gasteiger partial charge in [0.15, 0.2) is 0 Å². The Kier molecular flexibility index (Phi) is 3.59. The first-order valence-electron chi connectivity index (χ1n) is 5.95. The van der Waals surface area contributed by atoms with E-state index in [4.69, 9.17) is 0 Å². The van der Waals surface area contributed by atoms with Gasteiger partial charge in [-0.05, 0) is 13.8 Å². The van der Waals surface area contributed by atoms with Gasteiger partial charge in [-0.1, -0.05) is 10.3 Å². The third kappa shape index (κ3) is 2.66. The van der Waals surface area contributed by atoms with Crippen molar-refractivity contribution in [3.05, 3.63) is 11.4 Å². The van der Waals surface area contributed by atoms with Gasteiger partial charge >= 0.3 is 0 Å². The number of rotatable bonds is 4. The minimum atomic E-state index is -0.162. The summed E-state index contributed by atoms with van der Waals surface area (Å²) in [5.74, 6) is -0.0772. The van der Waals surface area contributed by atoms with Crippen LogP contribution in [0, 0.1) is 6.92 Å². The van der Waals surface area contributed by atoms with Crippen molar-refractivity contribution in [2.45, 2.75) is 32.7 Å². The van der Waals surface area contributed by atoms with Gasteiger partial charge in [0, 0.05) is 19.5 Å². The molecule has 7 heteroatoms. The molecule has 1 aromatic heterocycles. The molecule has 2 amide bonds. The zero-order chi connectivity index (χ0) is 13.1. The summed E-state index contributed by atoms with van der Waals surface area (Å²) in [4.78, 5) is 25.0. The number of nitrogens with zero attached hydrogens (tertiary/aromatic N) is 3. The maximum atomic E-state index is 11.8.